The molecular formula is C8H11AsO5. The summed E-state index contributed by atoms with van der Waals surface area (Å²) in [6.07, 6.45) is -0.943. The molecule has 1 aromatic rings. The molecule has 0 aromatic heterocycles. The Kier molecular flexibility index (Phi) is 3.39. The van der Waals surface area contributed by atoms with Crippen molar-refractivity contribution >= 4 is 18.5 Å². The van der Waals surface area contributed by atoms with Crippen LogP contribution in [0.4, 0.5) is 0 Å². The van der Waals surface area contributed by atoms with Gasteiger partial charge in [0.1, 0.15) is 0 Å². The zero-order chi connectivity index (χ0) is 10.8. The standard InChI is InChI=1S/C8H11AsO5/c1-6(10)14-8-4-2-7(3-5-8)9(11,12)13/h2-6,10H,1H3,(H2,11,12,13). The van der Waals surface area contributed by atoms with Gasteiger partial charge in [-0.3, -0.25) is 0 Å². The quantitative estimate of drug-likeness (QED) is 0.478. The van der Waals surface area contributed by atoms with Crippen molar-refractivity contribution in [1.82, 2.24) is 0 Å². The fourth-order valence-corrected chi connectivity index (χ4v) is 2.04. The fourth-order valence-electron chi connectivity index (χ4n) is 0.916. The van der Waals surface area contributed by atoms with Crippen molar-refractivity contribution in [2.24, 2.45) is 0 Å². The first-order chi connectivity index (χ1) is 6.39. The Labute approximate surface area is 84.0 Å². The second-order valence-electron chi connectivity index (χ2n) is 2.76. The van der Waals surface area contributed by atoms with E-state index in [1.54, 1.807) is 0 Å². The van der Waals surface area contributed by atoms with Gasteiger partial charge in [0.05, 0.1) is 0 Å². The van der Waals surface area contributed by atoms with E-state index < -0.39 is 20.5 Å². The number of rotatable bonds is 3. The van der Waals surface area contributed by atoms with E-state index in [2.05, 4.69) is 0 Å². The molecule has 0 amide bonds. The summed E-state index contributed by atoms with van der Waals surface area (Å²) in [4.78, 5) is 0. The first-order valence-electron chi connectivity index (χ1n) is 3.90. The van der Waals surface area contributed by atoms with Crippen LogP contribution in [0, 0.1) is 0 Å². The number of hydrogen-bond acceptors (Lipinski definition) is 3. The van der Waals surface area contributed by atoms with E-state index in [0.717, 1.165) is 0 Å². The third kappa shape index (κ3) is 3.19. The van der Waals surface area contributed by atoms with Crippen molar-refractivity contribution < 1.29 is 21.8 Å². The van der Waals surface area contributed by atoms with E-state index in [1.807, 2.05) is 0 Å². The van der Waals surface area contributed by atoms with E-state index in [1.165, 1.54) is 31.2 Å². The minimum absolute atomic E-state index is 0.0129. The molecule has 0 saturated heterocycles. The topological polar surface area (TPSA) is 87.0 Å². The second kappa shape index (κ2) is 4.19. The van der Waals surface area contributed by atoms with Gasteiger partial charge in [-0.15, -0.1) is 0 Å². The number of ether oxygens (including phenoxy) is 1. The van der Waals surface area contributed by atoms with Gasteiger partial charge in [-0.05, 0) is 0 Å². The zero-order valence-electron chi connectivity index (χ0n) is 7.49. The Morgan fingerprint density at radius 2 is 1.79 bits per heavy atom. The maximum atomic E-state index is 10.8. The van der Waals surface area contributed by atoms with Gasteiger partial charge < -0.3 is 0 Å². The van der Waals surface area contributed by atoms with Gasteiger partial charge in [-0.2, -0.15) is 0 Å². The molecule has 0 aliphatic rings. The fraction of sp³-hybridized carbons (Fsp3) is 0.250. The van der Waals surface area contributed by atoms with Crippen molar-refractivity contribution in [3.8, 4) is 5.75 Å². The van der Waals surface area contributed by atoms with Crippen molar-refractivity contribution in [2.75, 3.05) is 0 Å². The van der Waals surface area contributed by atoms with E-state index in [9.17, 15) is 3.74 Å². The van der Waals surface area contributed by atoms with Crippen LogP contribution in [-0.2, 0) is 3.74 Å². The van der Waals surface area contributed by atoms with Crippen LogP contribution in [0.2, 0.25) is 0 Å². The molecule has 6 heteroatoms. The Balaban J connectivity index is 2.84. The molecule has 3 N–H and O–H groups in total. The number of aliphatic hydroxyl groups is 1. The third-order valence-electron chi connectivity index (χ3n) is 1.48. The van der Waals surface area contributed by atoms with Gasteiger partial charge in [0.2, 0.25) is 0 Å². The molecule has 0 heterocycles. The molecule has 0 fully saturated rings. The summed E-state index contributed by atoms with van der Waals surface area (Å²) in [7, 11) is 0. The summed E-state index contributed by atoms with van der Waals surface area (Å²) in [6, 6.07) is 5.39. The average molecular weight is 262 g/mol. The van der Waals surface area contributed by atoms with E-state index in [0.29, 0.717) is 5.75 Å². The van der Waals surface area contributed by atoms with Crippen LogP contribution in [0.1, 0.15) is 6.92 Å². The molecule has 0 aliphatic carbocycles. The summed E-state index contributed by atoms with van der Waals surface area (Å²) in [5.41, 5.74) is 0. The Bertz CT molecular complexity index is 339. The average Bonchev–Trinajstić information content (AvgIpc) is 2.02. The molecule has 0 saturated carbocycles. The molecule has 1 unspecified atom stereocenters. The van der Waals surface area contributed by atoms with Gasteiger partial charge >= 0.3 is 83.5 Å². The first-order valence-corrected chi connectivity index (χ1v) is 7.29. The van der Waals surface area contributed by atoms with E-state index in [4.69, 9.17) is 18.0 Å². The van der Waals surface area contributed by atoms with Gasteiger partial charge in [-0.25, -0.2) is 0 Å². The van der Waals surface area contributed by atoms with Crippen LogP contribution < -0.4 is 9.09 Å². The normalized spacial score (nSPS) is 13.7. The van der Waals surface area contributed by atoms with Crippen LogP contribution in [-0.4, -0.2) is 33.8 Å². The van der Waals surface area contributed by atoms with Crippen LogP contribution in [0.3, 0.4) is 0 Å². The van der Waals surface area contributed by atoms with Crippen molar-refractivity contribution in [2.45, 2.75) is 13.2 Å². The molecule has 0 radical (unpaired) electrons. The summed E-state index contributed by atoms with van der Waals surface area (Å²) in [5.74, 6) is 0.368. The molecule has 1 atom stereocenters. The van der Waals surface area contributed by atoms with Crippen LogP contribution in [0.5, 0.6) is 5.75 Å². The van der Waals surface area contributed by atoms with Gasteiger partial charge in [0.25, 0.3) is 0 Å². The van der Waals surface area contributed by atoms with E-state index >= 15 is 0 Å². The summed E-state index contributed by atoms with van der Waals surface area (Å²) in [5, 5.41) is 8.86. The van der Waals surface area contributed by atoms with Crippen LogP contribution >= 0.6 is 0 Å². The van der Waals surface area contributed by atoms with Crippen molar-refractivity contribution in [3.05, 3.63) is 24.3 Å². The third-order valence-corrected chi connectivity index (χ3v) is 3.52. The molecule has 14 heavy (non-hydrogen) atoms. The first kappa shape index (κ1) is 11.3. The molecule has 1 rings (SSSR count). The molecule has 0 aliphatic heterocycles. The van der Waals surface area contributed by atoms with Crippen LogP contribution in [0.15, 0.2) is 24.3 Å². The Morgan fingerprint density at radius 1 is 1.29 bits per heavy atom. The van der Waals surface area contributed by atoms with Crippen molar-refractivity contribution in [1.29, 1.82) is 0 Å². The molecule has 1 aromatic carbocycles. The van der Waals surface area contributed by atoms with Gasteiger partial charge in [0.15, 0.2) is 0 Å². The maximum absolute atomic E-state index is 10.8. The Hall–Kier alpha value is -0.742. The number of benzene rings is 1. The zero-order valence-corrected chi connectivity index (χ0v) is 9.37. The monoisotopic (exact) mass is 262 g/mol. The molecule has 78 valence electrons. The Morgan fingerprint density at radius 3 is 2.14 bits per heavy atom. The summed E-state index contributed by atoms with van der Waals surface area (Å²) >= 11 is -4.79. The van der Waals surface area contributed by atoms with Crippen LogP contribution in [0.25, 0.3) is 0 Å². The summed E-state index contributed by atoms with van der Waals surface area (Å²) < 4.78 is 33.4. The molecule has 0 spiro atoms. The van der Waals surface area contributed by atoms with Crippen molar-refractivity contribution in [3.63, 3.8) is 0 Å². The van der Waals surface area contributed by atoms with E-state index in [-0.39, 0.29) is 4.35 Å². The van der Waals surface area contributed by atoms with Gasteiger partial charge in [-0.1, -0.05) is 0 Å². The predicted molar refractivity (Wildman–Crippen MR) is 49.3 cm³/mol. The second-order valence-corrected chi connectivity index (χ2v) is 6.12. The minimum atomic E-state index is -4.79. The van der Waals surface area contributed by atoms with Gasteiger partial charge in [0, 0.05) is 0 Å². The molecular weight excluding hydrogens is 251 g/mol. The molecule has 0 bridgehead atoms. The predicted octanol–water partition coefficient (Wildman–Crippen LogP) is -1.04. The number of aliphatic hydroxyl groups excluding tert-OH is 1. The number of hydrogen-bond donors (Lipinski definition) is 3. The molecule has 5 nitrogen and oxygen atoms in total. The summed E-state index contributed by atoms with van der Waals surface area (Å²) in [6.45, 7) is 1.45. The SMILES string of the molecule is CC(O)Oc1ccc([As](=O)(O)O)cc1.